The molecule has 0 aliphatic carbocycles. The number of hydrogen-bond donors (Lipinski definition) is 2. The molecule has 3 rings (SSSR count). The van der Waals surface area contributed by atoms with Gasteiger partial charge in [0.2, 0.25) is 0 Å². The highest BCUT2D eigenvalue weighted by Crippen LogP contribution is 2.27. The second-order valence-electron chi connectivity index (χ2n) is 8.81. The number of carbonyl (C=O) groups is 1. The first-order valence-electron chi connectivity index (χ1n) is 11.6. The van der Waals surface area contributed by atoms with Crippen molar-refractivity contribution >= 4 is 11.8 Å². The lowest BCUT2D eigenvalue weighted by Crippen LogP contribution is -2.10. The number of nitrogens with zero attached hydrogens (tertiary/aromatic N) is 1. The molecule has 2 N–H and O–H groups in total. The van der Waals surface area contributed by atoms with Gasteiger partial charge in [0.25, 0.3) is 0 Å². The van der Waals surface area contributed by atoms with E-state index < -0.39 is 5.97 Å². The SMILES string of the molecule is Cc1ccnc(NCCCOc2ccc(CC(CC(=O)O)c3ccc(C(C)C)cc3)cc2)c1. The van der Waals surface area contributed by atoms with Crippen molar-refractivity contribution in [2.75, 3.05) is 18.5 Å². The van der Waals surface area contributed by atoms with Gasteiger partial charge < -0.3 is 15.2 Å². The Morgan fingerprint density at radius 3 is 2.36 bits per heavy atom. The van der Waals surface area contributed by atoms with Gasteiger partial charge in [-0.15, -0.1) is 0 Å². The lowest BCUT2D eigenvalue weighted by atomic mass is 9.88. The van der Waals surface area contributed by atoms with Crippen LogP contribution in [0.5, 0.6) is 5.75 Å². The highest BCUT2D eigenvalue weighted by molar-refractivity contribution is 5.68. The molecule has 0 saturated carbocycles. The maximum absolute atomic E-state index is 11.5. The minimum absolute atomic E-state index is 0.0585. The number of ether oxygens (including phenoxy) is 1. The van der Waals surface area contributed by atoms with Crippen LogP contribution in [0, 0.1) is 6.92 Å². The predicted molar refractivity (Wildman–Crippen MR) is 133 cm³/mol. The molecule has 5 heteroatoms. The first-order chi connectivity index (χ1) is 15.9. The van der Waals surface area contributed by atoms with Crippen LogP contribution in [0.25, 0.3) is 0 Å². The molecule has 1 atom stereocenters. The molecule has 0 amide bonds. The average molecular weight is 447 g/mol. The molecule has 2 aromatic carbocycles. The Morgan fingerprint density at radius 2 is 1.73 bits per heavy atom. The number of carboxylic acids is 1. The summed E-state index contributed by atoms with van der Waals surface area (Å²) in [6, 6.07) is 20.3. The zero-order valence-electron chi connectivity index (χ0n) is 19.8. The molecule has 1 unspecified atom stereocenters. The van der Waals surface area contributed by atoms with Crippen molar-refractivity contribution in [1.29, 1.82) is 0 Å². The number of aliphatic carboxylic acids is 1. The smallest absolute Gasteiger partial charge is 0.303 e. The topological polar surface area (TPSA) is 71.5 Å². The molecule has 0 aliphatic rings. The number of carboxylic acid groups (broad SMARTS) is 1. The first kappa shape index (κ1) is 24.3. The monoisotopic (exact) mass is 446 g/mol. The highest BCUT2D eigenvalue weighted by Gasteiger charge is 2.17. The fraction of sp³-hybridized carbons (Fsp3) is 0.357. The van der Waals surface area contributed by atoms with Crippen molar-refractivity contribution in [3.05, 3.63) is 89.1 Å². The predicted octanol–water partition coefficient (Wildman–Crippen LogP) is 6.20. The van der Waals surface area contributed by atoms with Crippen molar-refractivity contribution in [3.8, 4) is 5.75 Å². The van der Waals surface area contributed by atoms with Crippen molar-refractivity contribution in [1.82, 2.24) is 4.98 Å². The van der Waals surface area contributed by atoms with Crippen LogP contribution in [-0.2, 0) is 11.2 Å². The van der Waals surface area contributed by atoms with Crippen LogP contribution in [0.15, 0.2) is 66.9 Å². The molecule has 0 spiro atoms. The fourth-order valence-electron chi connectivity index (χ4n) is 3.79. The molecular formula is C28H34N2O3. The van der Waals surface area contributed by atoms with E-state index in [-0.39, 0.29) is 12.3 Å². The van der Waals surface area contributed by atoms with Crippen LogP contribution in [-0.4, -0.2) is 29.2 Å². The molecule has 0 aliphatic heterocycles. The number of aryl methyl sites for hydroxylation is 1. The third kappa shape index (κ3) is 7.94. The maximum atomic E-state index is 11.5. The molecule has 5 nitrogen and oxygen atoms in total. The largest absolute Gasteiger partial charge is 0.494 e. The molecular weight excluding hydrogens is 412 g/mol. The lowest BCUT2D eigenvalue weighted by molar-refractivity contribution is -0.137. The molecule has 174 valence electrons. The van der Waals surface area contributed by atoms with E-state index in [1.54, 1.807) is 6.20 Å². The average Bonchev–Trinajstić information content (AvgIpc) is 2.79. The number of nitrogens with one attached hydrogen (secondary N) is 1. The van der Waals surface area contributed by atoms with E-state index in [0.717, 1.165) is 35.7 Å². The summed E-state index contributed by atoms with van der Waals surface area (Å²) < 4.78 is 5.86. The van der Waals surface area contributed by atoms with Crippen LogP contribution in [0.3, 0.4) is 0 Å². The second-order valence-corrected chi connectivity index (χ2v) is 8.81. The van der Waals surface area contributed by atoms with E-state index in [1.165, 1.54) is 11.1 Å². The summed E-state index contributed by atoms with van der Waals surface area (Å²) in [5, 5.41) is 12.7. The Bertz CT molecular complexity index is 1010. The summed E-state index contributed by atoms with van der Waals surface area (Å²) >= 11 is 0. The number of rotatable bonds is 12. The van der Waals surface area contributed by atoms with E-state index in [4.69, 9.17) is 4.74 Å². The van der Waals surface area contributed by atoms with E-state index in [2.05, 4.69) is 48.4 Å². The fourth-order valence-corrected chi connectivity index (χ4v) is 3.79. The Morgan fingerprint density at radius 1 is 1.03 bits per heavy atom. The summed E-state index contributed by atoms with van der Waals surface area (Å²) in [6.07, 6.45) is 3.46. The van der Waals surface area contributed by atoms with Crippen molar-refractivity contribution in [2.24, 2.45) is 0 Å². The van der Waals surface area contributed by atoms with Gasteiger partial charge in [-0.25, -0.2) is 4.98 Å². The molecule has 0 bridgehead atoms. The van der Waals surface area contributed by atoms with Crippen molar-refractivity contribution < 1.29 is 14.6 Å². The van der Waals surface area contributed by atoms with Gasteiger partial charge in [-0.05, 0) is 78.1 Å². The van der Waals surface area contributed by atoms with Gasteiger partial charge in [-0.1, -0.05) is 50.2 Å². The van der Waals surface area contributed by atoms with Crippen LogP contribution in [0.4, 0.5) is 5.82 Å². The van der Waals surface area contributed by atoms with E-state index >= 15 is 0 Å². The summed E-state index contributed by atoms with van der Waals surface area (Å²) in [7, 11) is 0. The van der Waals surface area contributed by atoms with Gasteiger partial charge in [0.1, 0.15) is 11.6 Å². The standard InChI is InChI=1S/C28H34N2O3/c1-20(2)23-7-9-24(10-8-23)25(19-28(31)32)18-22-5-11-26(12-6-22)33-16-4-14-29-27-17-21(3)13-15-30-27/h5-13,15,17,20,25H,4,14,16,18-19H2,1-3H3,(H,29,30)(H,31,32). The second kappa shape index (κ2) is 12.0. The summed E-state index contributed by atoms with van der Waals surface area (Å²) in [4.78, 5) is 15.7. The Kier molecular flexibility index (Phi) is 8.87. The van der Waals surface area contributed by atoms with E-state index in [0.29, 0.717) is 18.9 Å². The van der Waals surface area contributed by atoms with Gasteiger partial charge in [0, 0.05) is 12.7 Å². The van der Waals surface area contributed by atoms with Crippen molar-refractivity contribution in [2.45, 2.75) is 51.9 Å². The van der Waals surface area contributed by atoms with Gasteiger partial charge in [0.15, 0.2) is 0 Å². The number of aromatic nitrogens is 1. The van der Waals surface area contributed by atoms with Gasteiger partial charge >= 0.3 is 5.97 Å². The minimum Gasteiger partial charge on any atom is -0.494 e. The Hall–Kier alpha value is -3.34. The normalized spacial score (nSPS) is 11.9. The summed E-state index contributed by atoms with van der Waals surface area (Å²) in [6.45, 7) is 7.77. The molecule has 3 aromatic rings. The van der Waals surface area contributed by atoms with Crippen LogP contribution in [0.1, 0.15) is 60.8 Å². The molecule has 0 fully saturated rings. The van der Waals surface area contributed by atoms with Gasteiger partial charge in [0.05, 0.1) is 13.0 Å². The van der Waals surface area contributed by atoms with E-state index in [9.17, 15) is 9.90 Å². The zero-order valence-corrected chi connectivity index (χ0v) is 19.8. The third-order valence-electron chi connectivity index (χ3n) is 5.71. The molecule has 33 heavy (non-hydrogen) atoms. The zero-order chi connectivity index (χ0) is 23.6. The Balaban J connectivity index is 1.50. The van der Waals surface area contributed by atoms with E-state index in [1.807, 2.05) is 43.3 Å². The number of hydrogen-bond acceptors (Lipinski definition) is 4. The van der Waals surface area contributed by atoms with Crippen LogP contribution < -0.4 is 10.1 Å². The minimum atomic E-state index is -0.776. The maximum Gasteiger partial charge on any atom is 0.303 e. The van der Waals surface area contributed by atoms with Gasteiger partial charge in [-0.3, -0.25) is 4.79 Å². The molecule has 1 heterocycles. The Labute approximate surface area is 196 Å². The number of benzene rings is 2. The summed E-state index contributed by atoms with van der Waals surface area (Å²) in [5.41, 5.74) is 4.62. The molecule has 1 aromatic heterocycles. The first-order valence-corrected chi connectivity index (χ1v) is 11.6. The van der Waals surface area contributed by atoms with Gasteiger partial charge in [-0.2, -0.15) is 0 Å². The highest BCUT2D eigenvalue weighted by atomic mass is 16.5. The summed E-state index contributed by atoms with van der Waals surface area (Å²) in [5.74, 6) is 1.33. The number of anilines is 1. The quantitative estimate of drug-likeness (QED) is 0.324. The number of pyridine rings is 1. The third-order valence-corrected chi connectivity index (χ3v) is 5.71. The molecule has 0 radical (unpaired) electrons. The van der Waals surface area contributed by atoms with Crippen molar-refractivity contribution in [3.63, 3.8) is 0 Å². The lowest BCUT2D eigenvalue weighted by Gasteiger charge is -2.17. The van der Waals surface area contributed by atoms with Crippen LogP contribution in [0.2, 0.25) is 0 Å². The molecule has 0 saturated heterocycles. The van der Waals surface area contributed by atoms with Crippen LogP contribution >= 0.6 is 0 Å².